The van der Waals surface area contributed by atoms with Gasteiger partial charge in [0.05, 0.1) is 18.7 Å². The smallest absolute Gasteiger partial charge is 0.275 e. The lowest BCUT2D eigenvalue weighted by molar-refractivity contribution is -0.104. The van der Waals surface area contributed by atoms with E-state index in [0.29, 0.717) is 74.2 Å². The largest absolute Gasteiger partial charge is 0.378 e. The number of allylic oxidation sites excluding steroid dienone is 1. The minimum absolute atomic E-state index is 0.0311. The molecular weight excluding hydrogens is 432 g/mol. The Balaban J connectivity index is 1.97. The molecule has 184 valence electrons. The second-order valence-corrected chi connectivity index (χ2v) is 9.56. The summed E-state index contributed by atoms with van der Waals surface area (Å²) in [6.45, 7) is 12.0. The van der Waals surface area contributed by atoms with Crippen molar-refractivity contribution >= 4 is 29.7 Å². The molecule has 8 nitrogen and oxygen atoms in total. The normalized spacial score (nSPS) is 14.5. The van der Waals surface area contributed by atoms with Crippen molar-refractivity contribution in [3.63, 3.8) is 0 Å². The third kappa shape index (κ3) is 6.32. The van der Waals surface area contributed by atoms with Crippen LogP contribution in [-0.2, 0) is 9.53 Å². The van der Waals surface area contributed by atoms with E-state index in [9.17, 15) is 14.4 Å². The summed E-state index contributed by atoms with van der Waals surface area (Å²) in [4.78, 5) is 41.3. The highest BCUT2D eigenvalue weighted by molar-refractivity contribution is 6.01. The van der Waals surface area contributed by atoms with Gasteiger partial charge in [-0.3, -0.25) is 14.4 Å². The minimum Gasteiger partial charge on any atom is -0.378 e. The zero-order valence-corrected chi connectivity index (χ0v) is 20.7. The van der Waals surface area contributed by atoms with Crippen LogP contribution in [0.5, 0.6) is 0 Å². The van der Waals surface area contributed by atoms with Gasteiger partial charge in [0.15, 0.2) is 5.69 Å². The second kappa shape index (κ2) is 11.9. The average Bonchev–Trinajstić information content (AvgIpc) is 3.19. The number of hydrogen-bond donors (Lipinski definition) is 0. The molecule has 1 saturated heterocycles. The molecule has 0 atom stereocenters. The van der Waals surface area contributed by atoms with Gasteiger partial charge in [0.25, 0.3) is 11.8 Å². The predicted octanol–water partition coefficient (Wildman–Crippen LogP) is 3.55. The lowest BCUT2D eigenvalue weighted by Crippen LogP contribution is -2.41. The summed E-state index contributed by atoms with van der Waals surface area (Å²) >= 11 is 0. The minimum atomic E-state index is -0.207. The molecule has 2 aromatic rings. The van der Waals surface area contributed by atoms with E-state index in [-0.39, 0.29) is 17.5 Å². The van der Waals surface area contributed by atoms with Gasteiger partial charge < -0.3 is 14.5 Å². The molecule has 1 fully saturated rings. The summed E-state index contributed by atoms with van der Waals surface area (Å²) in [5, 5.41) is 4.50. The van der Waals surface area contributed by atoms with Gasteiger partial charge in [-0.2, -0.15) is 5.10 Å². The van der Waals surface area contributed by atoms with Gasteiger partial charge in [-0.1, -0.05) is 27.7 Å². The van der Waals surface area contributed by atoms with E-state index in [2.05, 4.69) is 32.8 Å². The Hall–Kier alpha value is -3.00. The molecule has 1 aliphatic heterocycles. The zero-order valence-electron chi connectivity index (χ0n) is 20.7. The number of aromatic nitrogens is 2. The Kier molecular flexibility index (Phi) is 8.98. The maximum absolute atomic E-state index is 13.5. The molecule has 0 spiro atoms. The summed E-state index contributed by atoms with van der Waals surface area (Å²) in [6, 6.07) is 3.52. The van der Waals surface area contributed by atoms with E-state index in [1.165, 1.54) is 6.08 Å². The Morgan fingerprint density at radius 1 is 1.12 bits per heavy atom. The van der Waals surface area contributed by atoms with Crippen molar-refractivity contribution in [2.45, 2.75) is 40.5 Å². The second-order valence-electron chi connectivity index (χ2n) is 9.56. The first kappa shape index (κ1) is 25.6. The fourth-order valence-corrected chi connectivity index (χ4v) is 3.90. The number of hydrogen-bond acceptors (Lipinski definition) is 5. The van der Waals surface area contributed by atoms with Crippen molar-refractivity contribution in [2.24, 2.45) is 11.8 Å². The first-order chi connectivity index (χ1) is 16.3. The van der Waals surface area contributed by atoms with Gasteiger partial charge in [0.1, 0.15) is 6.29 Å². The number of rotatable bonds is 10. The number of nitrogens with zero attached hydrogens (tertiary/aromatic N) is 4. The Labute approximate surface area is 201 Å². The molecular formula is C26H36N4O4. The predicted molar refractivity (Wildman–Crippen MR) is 132 cm³/mol. The first-order valence-corrected chi connectivity index (χ1v) is 12.1. The summed E-state index contributed by atoms with van der Waals surface area (Å²) in [5.74, 6) is 0.762. The molecule has 3 rings (SSSR count). The number of fused-ring (bicyclic) bond motifs is 1. The van der Waals surface area contributed by atoms with Gasteiger partial charge in [0.2, 0.25) is 0 Å². The number of ether oxygens (including phenoxy) is 1. The molecule has 0 bridgehead atoms. The average molecular weight is 469 g/mol. The lowest BCUT2D eigenvalue weighted by atomic mass is 10.1. The van der Waals surface area contributed by atoms with Gasteiger partial charge in [0, 0.05) is 43.5 Å². The van der Waals surface area contributed by atoms with Crippen LogP contribution in [0.3, 0.4) is 0 Å². The molecule has 0 unspecified atom stereocenters. The third-order valence-electron chi connectivity index (χ3n) is 6.00. The van der Waals surface area contributed by atoms with Crippen LogP contribution < -0.4 is 0 Å². The van der Waals surface area contributed by atoms with Crippen LogP contribution in [0, 0.1) is 11.8 Å². The molecule has 2 amide bonds. The van der Waals surface area contributed by atoms with Crippen molar-refractivity contribution in [3.05, 3.63) is 41.2 Å². The van der Waals surface area contributed by atoms with Crippen molar-refractivity contribution in [1.82, 2.24) is 19.4 Å². The van der Waals surface area contributed by atoms with Crippen molar-refractivity contribution in [3.8, 4) is 0 Å². The quantitative estimate of drug-likeness (QED) is 0.393. The molecule has 1 aliphatic rings. The standard InChI is InChI=1S/C26H36N4O4/c1-19(2)7-10-28(11-8-20(3)4)25(32)21-9-12-30-23(18-21)22(6-5-15-31)24(27-30)26(33)29-13-16-34-17-14-29/h5-6,9,12,15,18-20H,7-8,10-11,13-14,16-17H2,1-4H3/b6-5+. The Morgan fingerprint density at radius 2 is 1.76 bits per heavy atom. The Bertz CT molecular complexity index is 1020. The third-order valence-corrected chi connectivity index (χ3v) is 6.00. The topological polar surface area (TPSA) is 84.2 Å². The monoisotopic (exact) mass is 468 g/mol. The Morgan fingerprint density at radius 3 is 2.35 bits per heavy atom. The van der Waals surface area contributed by atoms with Crippen LogP contribution >= 0.6 is 0 Å². The molecule has 2 aromatic heterocycles. The van der Waals surface area contributed by atoms with E-state index in [1.807, 2.05) is 4.90 Å². The molecule has 0 saturated carbocycles. The number of morpholine rings is 1. The summed E-state index contributed by atoms with van der Waals surface area (Å²) in [6.07, 6.45) is 7.18. The van der Waals surface area contributed by atoms with Gasteiger partial charge in [-0.05, 0) is 49.0 Å². The molecule has 0 N–H and O–H groups in total. The van der Waals surface area contributed by atoms with Crippen LogP contribution in [-0.4, -0.2) is 76.9 Å². The fourth-order valence-electron chi connectivity index (χ4n) is 3.90. The number of carbonyl (C=O) groups excluding carboxylic acids is 3. The van der Waals surface area contributed by atoms with Crippen LogP contribution in [0.25, 0.3) is 11.6 Å². The van der Waals surface area contributed by atoms with E-state index >= 15 is 0 Å². The molecule has 0 aliphatic carbocycles. The lowest BCUT2D eigenvalue weighted by Gasteiger charge is -2.26. The first-order valence-electron chi connectivity index (χ1n) is 12.1. The van der Waals surface area contributed by atoms with Crippen LogP contribution in [0.4, 0.5) is 0 Å². The molecule has 0 radical (unpaired) electrons. The maximum atomic E-state index is 13.5. The van der Waals surface area contributed by atoms with Crippen molar-refractivity contribution in [1.29, 1.82) is 0 Å². The number of carbonyl (C=O) groups is 3. The van der Waals surface area contributed by atoms with Crippen molar-refractivity contribution in [2.75, 3.05) is 39.4 Å². The summed E-state index contributed by atoms with van der Waals surface area (Å²) < 4.78 is 6.95. The molecule has 8 heteroatoms. The number of pyridine rings is 1. The highest BCUT2D eigenvalue weighted by Crippen LogP contribution is 2.22. The zero-order chi connectivity index (χ0) is 24.7. The van der Waals surface area contributed by atoms with Crippen LogP contribution in [0.15, 0.2) is 24.4 Å². The van der Waals surface area contributed by atoms with Crippen molar-refractivity contribution < 1.29 is 19.1 Å². The fraction of sp³-hybridized carbons (Fsp3) is 0.538. The molecule has 0 aromatic carbocycles. The van der Waals surface area contributed by atoms with E-state index in [4.69, 9.17) is 4.74 Å². The van der Waals surface area contributed by atoms with E-state index in [0.717, 1.165) is 12.8 Å². The summed E-state index contributed by atoms with van der Waals surface area (Å²) in [5.41, 5.74) is 1.97. The molecule has 34 heavy (non-hydrogen) atoms. The van der Waals surface area contributed by atoms with Crippen LogP contribution in [0.2, 0.25) is 0 Å². The van der Waals surface area contributed by atoms with Gasteiger partial charge >= 0.3 is 0 Å². The SMILES string of the molecule is CC(C)CCN(CCC(C)C)C(=O)c1ccn2nc(C(=O)N3CCOCC3)c(/C=C/C=O)c2c1. The highest BCUT2D eigenvalue weighted by Gasteiger charge is 2.26. The van der Waals surface area contributed by atoms with Crippen LogP contribution in [0.1, 0.15) is 66.9 Å². The van der Waals surface area contributed by atoms with Gasteiger partial charge in [-0.15, -0.1) is 0 Å². The number of amides is 2. The van der Waals surface area contributed by atoms with E-state index < -0.39 is 0 Å². The molecule has 3 heterocycles. The summed E-state index contributed by atoms with van der Waals surface area (Å²) in [7, 11) is 0. The highest BCUT2D eigenvalue weighted by atomic mass is 16.5. The van der Waals surface area contributed by atoms with Gasteiger partial charge in [-0.25, -0.2) is 4.52 Å². The maximum Gasteiger partial charge on any atom is 0.275 e. The van der Waals surface area contributed by atoms with E-state index in [1.54, 1.807) is 33.8 Å². The number of aldehydes is 1.